The molecule has 0 aliphatic carbocycles. The van der Waals surface area contributed by atoms with Gasteiger partial charge in [0.1, 0.15) is 5.69 Å². The van der Waals surface area contributed by atoms with Crippen molar-refractivity contribution in [3.8, 4) is 0 Å². The van der Waals surface area contributed by atoms with E-state index in [4.69, 9.17) is 0 Å². The molecule has 1 aromatic carbocycles. The van der Waals surface area contributed by atoms with Crippen molar-refractivity contribution in [2.75, 3.05) is 0 Å². The number of carbonyl (C=O) groups excluding carboxylic acids is 1. The van der Waals surface area contributed by atoms with Crippen LogP contribution >= 0.6 is 11.3 Å². The number of hydrogen-bond acceptors (Lipinski definition) is 3. The molecule has 0 fully saturated rings. The van der Waals surface area contributed by atoms with E-state index in [1.807, 2.05) is 36.4 Å². The van der Waals surface area contributed by atoms with Gasteiger partial charge in [0.25, 0.3) is 5.91 Å². The number of thiophene rings is 1. The number of pyridine rings is 1. The highest BCUT2D eigenvalue weighted by molar-refractivity contribution is 7.17. The lowest BCUT2D eigenvalue weighted by atomic mass is 10.1. The quantitative estimate of drug-likeness (QED) is 0.563. The summed E-state index contributed by atoms with van der Waals surface area (Å²) in [5.74, 6) is -0.0694. The minimum Gasteiger partial charge on any atom is -0.347 e. The van der Waals surface area contributed by atoms with Gasteiger partial charge < -0.3 is 9.88 Å². The third-order valence-corrected chi connectivity index (χ3v) is 5.39. The second-order valence-electron chi connectivity index (χ2n) is 6.20. The lowest BCUT2D eigenvalue weighted by Crippen LogP contribution is -2.26. The molecule has 1 amide bonds. The first kappa shape index (κ1) is 16.5. The first-order chi connectivity index (χ1) is 12.7. The molecule has 1 atom stereocenters. The summed E-state index contributed by atoms with van der Waals surface area (Å²) in [6.07, 6.45) is 3.50. The van der Waals surface area contributed by atoms with Gasteiger partial charge in [0.2, 0.25) is 0 Å². The minimum atomic E-state index is -0.0694. The maximum atomic E-state index is 12.9. The lowest BCUT2D eigenvalue weighted by molar-refractivity contribution is 0.0941. The van der Waals surface area contributed by atoms with Gasteiger partial charge in [0, 0.05) is 18.9 Å². The van der Waals surface area contributed by atoms with Gasteiger partial charge in [0.15, 0.2) is 0 Å². The monoisotopic (exact) mass is 361 g/mol. The second kappa shape index (κ2) is 7.14. The van der Waals surface area contributed by atoms with Gasteiger partial charge in [0.05, 0.1) is 16.3 Å². The molecule has 3 aromatic heterocycles. The van der Waals surface area contributed by atoms with Crippen molar-refractivity contribution in [3.63, 3.8) is 0 Å². The maximum Gasteiger partial charge on any atom is 0.268 e. The van der Waals surface area contributed by atoms with Crippen molar-refractivity contribution in [2.24, 2.45) is 0 Å². The molecule has 1 N–H and O–H groups in total. The summed E-state index contributed by atoms with van der Waals surface area (Å²) in [5.41, 5.74) is 3.94. The van der Waals surface area contributed by atoms with Gasteiger partial charge in [-0.05, 0) is 41.6 Å². The van der Waals surface area contributed by atoms with Crippen LogP contribution in [0.1, 0.15) is 34.6 Å². The van der Waals surface area contributed by atoms with E-state index in [2.05, 4.69) is 45.4 Å². The molecule has 0 spiro atoms. The first-order valence-corrected chi connectivity index (χ1v) is 9.42. The van der Waals surface area contributed by atoms with E-state index >= 15 is 0 Å². The molecule has 0 radical (unpaired) electrons. The van der Waals surface area contributed by atoms with Gasteiger partial charge in [-0.1, -0.05) is 36.4 Å². The fourth-order valence-electron chi connectivity index (χ4n) is 3.19. The van der Waals surface area contributed by atoms with Crippen LogP contribution in [0.4, 0.5) is 0 Å². The Labute approximate surface area is 156 Å². The van der Waals surface area contributed by atoms with Crippen LogP contribution in [-0.2, 0) is 6.54 Å². The van der Waals surface area contributed by atoms with Crippen LogP contribution in [0.25, 0.3) is 10.2 Å². The van der Waals surface area contributed by atoms with Crippen LogP contribution in [0.5, 0.6) is 0 Å². The molecule has 0 aliphatic rings. The zero-order valence-electron chi connectivity index (χ0n) is 14.4. The number of fused-ring (bicyclic) bond motifs is 1. The molecule has 3 heterocycles. The first-order valence-electron chi connectivity index (χ1n) is 8.54. The van der Waals surface area contributed by atoms with Gasteiger partial charge in [-0.3, -0.25) is 9.78 Å². The van der Waals surface area contributed by atoms with Gasteiger partial charge in [-0.15, -0.1) is 11.3 Å². The highest BCUT2D eigenvalue weighted by atomic mass is 32.1. The predicted molar refractivity (Wildman–Crippen MR) is 105 cm³/mol. The molecule has 5 heteroatoms. The largest absolute Gasteiger partial charge is 0.347 e. The summed E-state index contributed by atoms with van der Waals surface area (Å²) >= 11 is 1.66. The Kier molecular flexibility index (Phi) is 4.54. The zero-order chi connectivity index (χ0) is 17.9. The fourth-order valence-corrected chi connectivity index (χ4v) is 4.00. The van der Waals surface area contributed by atoms with Crippen LogP contribution < -0.4 is 5.32 Å². The normalized spacial score (nSPS) is 12.2. The minimum absolute atomic E-state index is 0.0694. The van der Waals surface area contributed by atoms with E-state index in [9.17, 15) is 4.79 Å². The number of rotatable bonds is 5. The summed E-state index contributed by atoms with van der Waals surface area (Å²) in [4.78, 5) is 17.0. The molecule has 130 valence electrons. The Hall–Kier alpha value is -2.92. The third kappa shape index (κ3) is 3.13. The lowest BCUT2D eigenvalue weighted by Gasteiger charge is -2.19. The number of aromatic nitrogens is 2. The van der Waals surface area contributed by atoms with Crippen LogP contribution in [0.3, 0.4) is 0 Å². The predicted octanol–water partition coefficient (Wildman–Crippen LogP) is 4.64. The highest BCUT2D eigenvalue weighted by Crippen LogP contribution is 2.31. The summed E-state index contributed by atoms with van der Waals surface area (Å²) in [7, 11) is 0. The molecule has 0 aliphatic heterocycles. The Balaban J connectivity index is 1.66. The Morgan fingerprint density at radius 1 is 1.19 bits per heavy atom. The van der Waals surface area contributed by atoms with Gasteiger partial charge >= 0.3 is 0 Å². The molecule has 4 aromatic rings. The summed E-state index contributed by atoms with van der Waals surface area (Å²) in [6, 6.07) is 18.2. The fraction of sp³-hybridized carbons (Fsp3) is 0.143. The van der Waals surface area contributed by atoms with Crippen molar-refractivity contribution >= 4 is 27.5 Å². The van der Waals surface area contributed by atoms with Gasteiger partial charge in [-0.25, -0.2) is 0 Å². The molecule has 0 saturated carbocycles. The highest BCUT2D eigenvalue weighted by Gasteiger charge is 2.21. The average Bonchev–Trinajstić information content (AvgIpc) is 3.28. The number of nitrogens with zero attached hydrogens (tertiary/aromatic N) is 2. The van der Waals surface area contributed by atoms with E-state index in [1.54, 1.807) is 23.7 Å². The SMILES string of the molecule is C[C@@H](c1ccccc1)n1c(C(=O)NCc2cccnc2)cc2sccc21. The molecule has 4 nitrogen and oxygen atoms in total. The number of amides is 1. The molecular formula is C21H19N3OS. The molecule has 0 bridgehead atoms. The molecule has 0 saturated heterocycles. The molecule has 26 heavy (non-hydrogen) atoms. The summed E-state index contributed by atoms with van der Waals surface area (Å²) < 4.78 is 3.25. The average molecular weight is 361 g/mol. The molecule has 0 unspecified atom stereocenters. The standard InChI is InChI=1S/C21H19N3OS/c1-15(17-7-3-2-4-8-17)24-18-9-11-26-20(18)12-19(24)21(25)23-14-16-6-5-10-22-13-16/h2-13,15H,14H2,1H3,(H,23,25)/t15-/m0/s1. The van der Waals surface area contributed by atoms with Crippen LogP contribution in [0.15, 0.2) is 72.4 Å². The van der Waals surface area contributed by atoms with E-state index in [0.717, 1.165) is 15.8 Å². The van der Waals surface area contributed by atoms with E-state index < -0.39 is 0 Å². The second-order valence-corrected chi connectivity index (χ2v) is 7.15. The van der Waals surface area contributed by atoms with Crippen molar-refractivity contribution < 1.29 is 4.79 Å². The summed E-state index contributed by atoms with van der Waals surface area (Å²) in [6.45, 7) is 2.59. The van der Waals surface area contributed by atoms with Crippen molar-refractivity contribution in [1.29, 1.82) is 0 Å². The van der Waals surface area contributed by atoms with E-state index in [1.165, 1.54) is 5.56 Å². The van der Waals surface area contributed by atoms with Crippen LogP contribution in [0, 0.1) is 0 Å². The molecule has 4 rings (SSSR count). The third-order valence-electron chi connectivity index (χ3n) is 4.54. The van der Waals surface area contributed by atoms with Crippen LogP contribution in [0.2, 0.25) is 0 Å². The Morgan fingerprint density at radius 3 is 2.81 bits per heavy atom. The number of carbonyl (C=O) groups is 1. The number of hydrogen-bond donors (Lipinski definition) is 1. The van der Waals surface area contributed by atoms with Crippen LogP contribution in [-0.4, -0.2) is 15.5 Å². The van der Waals surface area contributed by atoms with Crippen molar-refractivity contribution in [1.82, 2.24) is 14.9 Å². The van der Waals surface area contributed by atoms with Gasteiger partial charge in [-0.2, -0.15) is 0 Å². The topological polar surface area (TPSA) is 46.9 Å². The number of nitrogens with one attached hydrogen (secondary N) is 1. The molecular weight excluding hydrogens is 342 g/mol. The van der Waals surface area contributed by atoms with Crippen molar-refractivity contribution in [2.45, 2.75) is 19.5 Å². The van der Waals surface area contributed by atoms with Crippen molar-refractivity contribution in [3.05, 3.63) is 89.2 Å². The Bertz CT molecular complexity index is 1020. The maximum absolute atomic E-state index is 12.9. The van der Waals surface area contributed by atoms with E-state index in [0.29, 0.717) is 12.2 Å². The van der Waals surface area contributed by atoms with E-state index in [-0.39, 0.29) is 11.9 Å². The number of benzene rings is 1. The zero-order valence-corrected chi connectivity index (χ0v) is 15.2. The Morgan fingerprint density at radius 2 is 2.04 bits per heavy atom. The summed E-state index contributed by atoms with van der Waals surface area (Å²) in [5, 5.41) is 5.08. The smallest absolute Gasteiger partial charge is 0.268 e.